The lowest BCUT2D eigenvalue weighted by Gasteiger charge is -1.99. The molecule has 6 heteroatoms. The van der Waals surface area contributed by atoms with Gasteiger partial charge in [-0.1, -0.05) is 0 Å². The Kier molecular flexibility index (Phi) is 2.42. The molecule has 0 fully saturated rings. The summed E-state index contributed by atoms with van der Waals surface area (Å²) in [6.07, 6.45) is 0. The Labute approximate surface area is 90.3 Å². The van der Waals surface area contributed by atoms with Crippen molar-refractivity contribution in [2.24, 2.45) is 0 Å². The van der Waals surface area contributed by atoms with Crippen molar-refractivity contribution in [3.63, 3.8) is 0 Å². The maximum absolute atomic E-state index is 11.7. The lowest BCUT2D eigenvalue weighted by Crippen LogP contribution is -2.13. The van der Waals surface area contributed by atoms with Crippen molar-refractivity contribution in [2.45, 2.75) is 6.92 Å². The number of carbonyl (C=O) groups is 1. The van der Waals surface area contributed by atoms with Crippen molar-refractivity contribution in [3.05, 3.63) is 28.2 Å². The van der Waals surface area contributed by atoms with E-state index in [2.05, 4.69) is 15.5 Å². The topological polar surface area (TPSA) is 83.8 Å². The summed E-state index contributed by atoms with van der Waals surface area (Å²) in [4.78, 5) is 11.7. The first-order valence-corrected chi connectivity index (χ1v) is 5.26. The first-order chi connectivity index (χ1) is 7.18. The lowest BCUT2D eigenvalue weighted by atomic mass is 10.3. The highest BCUT2D eigenvalue weighted by molar-refractivity contribution is 7.08. The highest BCUT2D eigenvalue weighted by Gasteiger charge is 2.15. The maximum Gasteiger partial charge on any atom is 0.278 e. The van der Waals surface area contributed by atoms with E-state index in [1.54, 1.807) is 6.92 Å². The molecule has 2 heterocycles. The fourth-order valence-electron chi connectivity index (χ4n) is 1.14. The number of nitrogens with zero attached hydrogens (tertiary/aromatic N) is 1. The number of hydrogen-bond acceptors (Lipinski definition) is 4. The molecule has 0 saturated carbocycles. The van der Waals surface area contributed by atoms with E-state index in [1.165, 1.54) is 11.3 Å². The molecule has 0 aliphatic carbocycles. The standard InChI is InChI=1S/C9H10N4OS/c1-5-7(10)8(13-12-5)9(14)11-6-2-3-15-4-6/h2-4H,10H2,1H3,(H,11,14)(H,12,13). The SMILES string of the molecule is Cc1[nH]nc(C(=O)Nc2ccsc2)c1N. The Morgan fingerprint density at radius 1 is 1.67 bits per heavy atom. The molecule has 2 aromatic rings. The normalized spacial score (nSPS) is 10.2. The van der Waals surface area contributed by atoms with E-state index in [0.717, 1.165) is 5.69 Å². The lowest BCUT2D eigenvalue weighted by molar-refractivity contribution is 0.102. The Morgan fingerprint density at radius 2 is 2.47 bits per heavy atom. The van der Waals surface area contributed by atoms with Gasteiger partial charge in [-0.3, -0.25) is 9.89 Å². The quantitative estimate of drug-likeness (QED) is 0.721. The molecule has 0 saturated heterocycles. The van der Waals surface area contributed by atoms with Crippen LogP contribution in [0.2, 0.25) is 0 Å². The number of aromatic amines is 1. The number of amides is 1. The Bertz CT molecular complexity index is 474. The molecule has 0 aliphatic heterocycles. The van der Waals surface area contributed by atoms with E-state index in [-0.39, 0.29) is 11.6 Å². The molecule has 15 heavy (non-hydrogen) atoms. The second kappa shape index (κ2) is 3.74. The Morgan fingerprint density at radius 3 is 3.00 bits per heavy atom. The molecule has 2 rings (SSSR count). The van der Waals surface area contributed by atoms with Crippen molar-refractivity contribution in [1.29, 1.82) is 0 Å². The zero-order chi connectivity index (χ0) is 10.8. The second-order valence-corrected chi connectivity index (χ2v) is 3.86. The van der Waals surface area contributed by atoms with Gasteiger partial charge >= 0.3 is 0 Å². The molecule has 0 unspecified atom stereocenters. The number of anilines is 2. The first-order valence-electron chi connectivity index (χ1n) is 4.32. The number of nitrogen functional groups attached to an aromatic ring is 1. The number of aryl methyl sites for hydroxylation is 1. The average molecular weight is 222 g/mol. The molecule has 78 valence electrons. The first kappa shape index (κ1) is 9.72. The van der Waals surface area contributed by atoms with Crippen LogP contribution in [-0.4, -0.2) is 16.1 Å². The maximum atomic E-state index is 11.7. The molecule has 0 aromatic carbocycles. The number of nitrogens with two attached hydrogens (primary N) is 1. The summed E-state index contributed by atoms with van der Waals surface area (Å²) in [6, 6.07) is 1.82. The fraction of sp³-hybridized carbons (Fsp3) is 0.111. The second-order valence-electron chi connectivity index (χ2n) is 3.08. The molecule has 4 N–H and O–H groups in total. The number of H-pyrrole nitrogens is 1. The van der Waals surface area contributed by atoms with Crippen LogP contribution >= 0.6 is 11.3 Å². The monoisotopic (exact) mass is 222 g/mol. The van der Waals surface area contributed by atoms with Crippen LogP contribution in [0.1, 0.15) is 16.2 Å². The van der Waals surface area contributed by atoms with Crippen LogP contribution in [0.15, 0.2) is 16.8 Å². The minimum atomic E-state index is -0.296. The number of nitrogens with one attached hydrogen (secondary N) is 2. The van der Waals surface area contributed by atoms with E-state index < -0.39 is 0 Å². The van der Waals surface area contributed by atoms with Gasteiger partial charge in [-0.05, 0) is 18.4 Å². The molecule has 0 atom stereocenters. The van der Waals surface area contributed by atoms with Crippen LogP contribution in [0.4, 0.5) is 11.4 Å². The van der Waals surface area contributed by atoms with Crippen molar-refractivity contribution in [1.82, 2.24) is 10.2 Å². The number of carbonyl (C=O) groups excluding carboxylic acids is 1. The number of thiophene rings is 1. The summed E-state index contributed by atoms with van der Waals surface area (Å²) in [5.74, 6) is -0.296. The highest BCUT2D eigenvalue weighted by atomic mass is 32.1. The summed E-state index contributed by atoms with van der Waals surface area (Å²) < 4.78 is 0. The molecule has 5 nitrogen and oxygen atoms in total. The van der Waals surface area contributed by atoms with E-state index in [0.29, 0.717) is 11.4 Å². The largest absolute Gasteiger partial charge is 0.395 e. The summed E-state index contributed by atoms with van der Waals surface area (Å²) in [6.45, 7) is 1.77. The number of hydrogen-bond donors (Lipinski definition) is 3. The molecular weight excluding hydrogens is 212 g/mol. The van der Waals surface area contributed by atoms with Crippen molar-refractivity contribution in [3.8, 4) is 0 Å². The minimum absolute atomic E-state index is 0.235. The summed E-state index contributed by atoms with van der Waals surface area (Å²) in [7, 11) is 0. The number of rotatable bonds is 2. The predicted molar refractivity (Wildman–Crippen MR) is 60.0 cm³/mol. The minimum Gasteiger partial charge on any atom is -0.395 e. The molecule has 0 radical (unpaired) electrons. The molecular formula is C9H10N4OS. The zero-order valence-electron chi connectivity index (χ0n) is 8.07. The summed E-state index contributed by atoms with van der Waals surface area (Å²) in [5.41, 5.74) is 7.76. The van der Waals surface area contributed by atoms with Crippen molar-refractivity contribution >= 4 is 28.6 Å². The molecule has 0 bridgehead atoms. The van der Waals surface area contributed by atoms with Gasteiger partial charge in [0.2, 0.25) is 0 Å². The van der Waals surface area contributed by atoms with Gasteiger partial charge in [-0.2, -0.15) is 16.4 Å². The molecule has 0 spiro atoms. The van der Waals surface area contributed by atoms with Gasteiger partial charge in [0.25, 0.3) is 5.91 Å². The van der Waals surface area contributed by atoms with Crippen LogP contribution in [-0.2, 0) is 0 Å². The van der Waals surface area contributed by atoms with Gasteiger partial charge in [0.1, 0.15) is 0 Å². The van der Waals surface area contributed by atoms with Crippen LogP contribution < -0.4 is 11.1 Å². The van der Waals surface area contributed by atoms with Gasteiger partial charge in [-0.25, -0.2) is 0 Å². The Hall–Kier alpha value is -1.82. The summed E-state index contributed by atoms with van der Waals surface area (Å²) in [5, 5.41) is 12.9. The third-order valence-corrected chi connectivity index (χ3v) is 2.67. The van der Waals surface area contributed by atoms with Crippen LogP contribution in [0.5, 0.6) is 0 Å². The smallest absolute Gasteiger partial charge is 0.278 e. The highest BCUT2D eigenvalue weighted by Crippen LogP contribution is 2.16. The van der Waals surface area contributed by atoms with Crippen molar-refractivity contribution in [2.75, 3.05) is 11.1 Å². The average Bonchev–Trinajstić information content (AvgIpc) is 2.79. The van der Waals surface area contributed by atoms with E-state index in [1.807, 2.05) is 16.8 Å². The fourth-order valence-corrected chi connectivity index (χ4v) is 1.72. The van der Waals surface area contributed by atoms with Crippen LogP contribution in [0, 0.1) is 6.92 Å². The van der Waals surface area contributed by atoms with E-state index in [4.69, 9.17) is 5.73 Å². The third-order valence-electron chi connectivity index (χ3n) is 1.99. The van der Waals surface area contributed by atoms with E-state index in [9.17, 15) is 4.79 Å². The van der Waals surface area contributed by atoms with Gasteiger partial charge < -0.3 is 11.1 Å². The van der Waals surface area contributed by atoms with Gasteiger partial charge in [-0.15, -0.1) is 0 Å². The molecule has 1 amide bonds. The third kappa shape index (κ3) is 1.84. The van der Waals surface area contributed by atoms with Gasteiger partial charge in [0.05, 0.1) is 17.1 Å². The van der Waals surface area contributed by atoms with Gasteiger partial charge in [0.15, 0.2) is 5.69 Å². The van der Waals surface area contributed by atoms with Crippen LogP contribution in [0.3, 0.4) is 0 Å². The van der Waals surface area contributed by atoms with Crippen LogP contribution in [0.25, 0.3) is 0 Å². The predicted octanol–water partition coefficient (Wildman–Crippen LogP) is 1.61. The molecule has 2 aromatic heterocycles. The molecule has 0 aliphatic rings. The summed E-state index contributed by atoms with van der Waals surface area (Å²) >= 11 is 1.51. The van der Waals surface area contributed by atoms with Crippen molar-refractivity contribution < 1.29 is 4.79 Å². The Balaban J connectivity index is 2.19. The van der Waals surface area contributed by atoms with Gasteiger partial charge in [0, 0.05) is 5.38 Å². The zero-order valence-corrected chi connectivity index (χ0v) is 8.89. The van der Waals surface area contributed by atoms with E-state index >= 15 is 0 Å². The number of aromatic nitrogens is 2.